The smallest absolute Gasteiger partial charge is 0.405 e. The fourth-order valence-electron chi connectivity index (χ4n) is 5.21. The van der Waals surface area contributed by atoms with Crippen LogP contribution in [0.15, 0.2) is 24.3 Å². The van der Waals surface area contributed by atoms with Gasteiger partial charge in [-0.1, -0.05) is 0 Å². The molecule has 2 fully saturated rings. The van der Waals surface area contributed by atoms with Crippen molar-refractivity contribution in [3.05, 3.63) is 70.3 Å². The molecular formula is C39H52F6N4O10S2. The van der Waals surface area contributed by atoms with Gasteiger partial charge in [-0.2, -0.15) is 0 Å². The Morgan fingerprint density at radius 1 is 0.639 bits per heavy atom. The number of nitrogens with zero attached hydrogens (tertiary/aromatic N) is 2. The molecule has 2 saturated heterocycles. The van der Waals surface area contributed by atoms with E-state index in [1.165, 1.54) is 40.4 Å². The fourth-order valence-corrected chi connectivity index (χ4v) is 7.44. The second-order valence-corrected chi connectivity index (χ2v) is 17.3. The number of carbonyl (C=O) groups is 6. The van der Waals surface area contributed by atoms with E-state index in [1.807, 2.05) is 0 Å². The minimum Gasteiger partial charge on any atom is -0.479 e. The van der Waals surface area contributed by atoms with Crippen molar-refractivity contribution in [2.24, 2.45) is 11.5 Å². The summed E-state index contributed by atoms with van der Waals surface area (Å²) < 4.78 is 92.5. The van der Waals surface area contributed by atoms with Gasteiger partial charge in [0.05, 0.1) is 7.11 Å². The van der Waals surface area contributed by atoms with Gasteiger partial charge in [0.2, 0.25) is 11.8 Å². The third-order valence-electron chi connectivity index (χ3n) is 7.70. The molecular weight excluding hydrogens is 863 g/mol. The minimum absolute atomic E-state index is 0.00252. The lowest BCUT2D eigenvalue weighted by Gasteiger charge is -2.21. The first-order valence-corrected chi connectivity index (χ1v) is 20.6. The first kappa shape index (κ1) is 54.2. The lowest BCUT2D eigenvalue weighted by Crippen LogP contribution is -2.39. The summed E-state index contributed by atoms with van der Waals surface area (Å²) in [6, 6.07) is 2.56. The maximum absolute atomic E-state index is 13.5. The molecule has 0 bridgehead atoms. The van der Waals surface area contributed by atoms with E-state index in [0.29, 0.717) is 36.7 Å². The quantitative estimate of drug-likeness (QED) is 0.0988. The Balaban J connectivity index is 0.000000453. The molecule has 2 aromatic rings. The van der Waals surface area contributed by atoms with E-state index in [2.05, 4.69) is 14.2 Å². The van der Waals surface area contributed by atoms with Crippen LogP contribution in [0.25, 0.3) is 0 Å². The van der Waals surface area contributed by atoms with E-state index in [9.17, 15) is 55.1 Å². The number of carboxylic acid groups (broad SMARTS) is 1. The van der Waals surface area contributed by atoms with Gasteiger partial charge in [-0.15, -0.1) is 23.5 Å². The summed E-state index contributed by atoms with van der Waals surface area (Å²) in [4.78, 5) is 69.4. The Morgan fingerprint density at radius 3 is 1.30 bits per heavy atom. The van der Waals surface area contributed by atoms with Crippen molar-refractivity contribution >= 4 is 59.5 Å². The highest BCUT2D eigenvalue weighted by molar-refractivity contribution is 8.01. The second kappa shape index (κ2) is 25.2. The van der Waals surface area contributed by atoms with Crippen LogP contribution in [-0.2, 0) is 46.2 Å². The molecule has 0 aliphatic carbocycles. The van der Waals surface area contributed by atoms with Gasteiger partial charge in [0.15, 0.2) is 34.0 Å². The fraction of sp³-hybridized carbons (Fsp3) is 0.538. The number of ether oxygens (including phenoxy) is 3. The van der Waals surface area contributed by atoms with Gasteiger partial charge in [0.1, 0.15) is 22.8 Å². The molecule has 0 aromatic heterocycles. The number of aliphatic carboxylic acids is 1. The van der Waals surface area contributed by atoms with E-state index >= 15 is 0 Å². The number of rotatable bonds is 10. The number of amides is 4. The third-order valence-corrected chi connectivity index (χ3v) is 10.1. The number of aryl methyl sites for hydroxylation is 2. The van der Waals surface area contributed by atoms with Crippen molar-refractivity contribution in [1.82, 2.24) is 9.80 Å². The van der Waals surface area contributed by atoms with Crippen molar-refractivity contribution in [3.63, 3.8) is 0 Å². The average molecular weight is 915 g/mol. The van der Waals surface area contributed by atoms with Crippen molar-refractivity contribution in [2.45, 2.75) is 102 Å². The Hall–Kier alpha value is -4.86. The Morgan fingerprint density at radius 2 is 0.984 bits per heavy atom. The summed E-state index contributed by atoms with van der Waals surface area (Å²) in [5.74, 6) is -7.35. The number of primary amides is 2. The predicted molar refractivity (Wildman–Crippen MR) is 215 cm³/mol. The normalized spacial score (nSPS) is 15.8. The molecule has 14 nitrogen and oxygen atoms in total. The zero-order chi connectivity index (χ0) is 46.8. The maximum Gasteiger partial charge on any atom is 0.405 e. The highest BCUT2D eigenvalue weighted by atomic mass is 32.2. The number of hydrogen-bond acceptors (Lipinski definition) is 11. The number of methoxy groups -OCH3 is 1. The van der Waals surface area contributed by atoms with Gasteiger partial charge in [0.25, 0.3) is 0 Å². The van der Waals surface area contributed by atoms with Crippen LogP contribution in [0.5, 0.6) is 0 Å². The van der Waals surface area contributed by atoms with Crippen LogP contribution >= 0.6 is 23.5 Å². The van der Waals surface area contributed by atoms with Crippen LogP contribution in [-0.4, -0.2) is 105 Å². The lowest BCUT2D eigenvalue weighted by molar-refractivity contribution is -0.148. The monoisotopic (exact) mass is 914 g/mol. The largest absolute Gasteiger partial charge is 0.479 e. The van der Waals surface area contributed by atoms with Gasteiger partial charge in [0, 0.05) is 49.6 Å². The first-order chi connectivity index (χ1) is 28.2. The zero-order valence-electron chi connectivity index (χ0n) is 34.8. The maximum atomic E-state index is 13.5. The number of hydrogen-bond donors (Lipinski definition) is 3. The molecule has 2 aliphatic heterocycles. The molecule has 5 N–H and O–H groups in total. The molecule has 342 valence electrons. The molecule has 2 atom stereocenters. The standard InChI is InChI=1S/C15H16F3NO3S.C14H14F3NO3S.2C5H11NO2/c1-22-15(21)14-19(5-6-23-14)13(20)4-2-3-9-7-11(17)12(18)8-10(9)16;15-9-7-11(17)10(16)6-8(9)2-1-3-12(19)18-4-5-22-13(18)14(20)21;2*1-5(2,3)8-4(6)7/h7-8,14H,2-6H2,1H3;6-7,13H,1-5H2,(H,20,21);2*1-3H3,(H2,6,7). The highest BCUT2D eigenvalue weighted by Gasteiger charge is 2.36. The van der Waals surface area contributed by atoms with E-state index in [1.54, 1.807) is 41.5 Å². The van der Waals surface area contributed by atoms with E-state index in [4.69, 9.17) is 16.6 Å². The Labute approximate surface area is 358 Å². The van der Waals surface area contributed by atoms with Crippen LogP contribution in [0.4, 0.5) is 35.9 Å². The van der Waals surface area contributed by atoms with Crippen LogP contribution in [0.1, 0.15) is 78.4 Å². The third kappa shape index (κ3) is 20.5. The van der Waals surface area contributed by atoms with Gasteiger partial charge < -0.3 is 40.6 Å². The summed E-state index contributed by atoms with van der Waals surface area (Å²) in [7, 11) is 1.26. The molecule has 2 aromatic carbocycles. The van der Waals surface area contributed by atoms with Crippen molar-refractivity contribution < 1.29 is 74.4 Å². The molecule has 0 radical (unpaired) electrons. The van der Waals surface area contributed by atoms with Crippen LogP contribution < -0.4 is 11.5 Å². The van der Waals surface area contributed by atoms with Crippen molar-refractivity contribution in [2.75, 3.05) is 31.7 Å². The number of nitrogens with two attached hydrogens (primary N) is 2. The number of esters is 1. The summed E-state index contributed by atoms with van der Waals surface area (Å²) in [6.07, 6.45) is -0.638. The topological polar surface area (TPSA) is 209 Å². The molecule has 61 heavy (non-hydrogen) atoms. The van der Waals surface area contributed by atoms with E-state index < -0.39 is 81.0 Å². The van der Waals surface area contributed by atoms with Gasteiger partial charge in [-0.05, 0) is 90.5 Å². The number of halogens is 6. The zero-order valence-corrected chi connectivity index (χ0v) is 36.4. The van der Waals surface area contributed by atoms with E-state index in [-0.39, 0.29) is 61.5 Å². The molecule has 4 rings (SSSR count). The highest BCUT2D eigenvalue weighted by Crippen LogP contribution is 2.27. The number of carboxylic acids is 1. The second-order valence-electron chi connectivity index (χ2n) is 15.0. The summed E-state index contributed by atoms with van der Waals surface area (Å²) in [5.41, 5.74) is 8.55. The predicted octanol–water partition coefficient (Wildman–Crippen LogP) is 6.67. The molecule has 2 aliphatic rings. The minimum atomic E-state index is -1.25. The molecule has 0 saturated carbocycles. The molecule has 4 amide bonds. The van der Waals surface area contributed by atoms with Crippen molar-refractivity contribution in [3.8, 4) is 0 Å². The molecule has 22 heteroatoms. The van der Waals surface area contributed by atoms with Gasteiger partial charge in [-0.25, -0.2) is 45.5 Å². The van der Waals surface area contributed by atoms with Crippen LogP contribution in [0, 0.1) is 34.9 Å². The number of benzene rings is 2. The SMILES string of the molecule is CC(C)(C)OC(N)=O.CC(C)(C)OC(N)=O.COC(=O)C1SCCN1C(=O)CCCc1cc(F)c(F)cc1F.O=C(O)C1SCCN1C(=O)CCCc1cc(F)c(F)cc1F. The first-order valence-electron chi connectivity index (χ1n) is 18.5. The summed E-state index contributed by atoms with van der Waals surface area (Å²) >= 11 is 2.50. The number of carbonyl (C=O) groups excluding carboxylic acids is 5. The van der Waals surface area contributed by atoms with Gasteiger partial charge in [-0.3, -0.25) is 9.59 Å². The van der Waals surface area contributed by atoms with Crippen LogP contribution in [0.2, 0.25) is 0 Å². The Bertz CT molecular complexity index is 1820. The lowest BCUT2D eigenvalue weighted by atomic mass is 10.1. The number of thioether (sulfide) groups is 2. The van der Waals surface area contributed by atoms with E-state index in [0.717, 1.165) is 12.1 Å². The molecule has 2 heterocycles. The van der Waals surface area contributed by atoms with Gasteiger partial charge >= 0.3 is 24.1 Å². The molecule has 0 spiro atoms. The average Bonchev–Trinajstić information content (AvgIpc) is 3.82. The molecule has 2 unspecified atom stereocenters. The van der Waals surface area contributed by atoms with Crippen LogP contribution in [0.3, 0.4) is 0 Å². The summed E-state index contributed by atoms with van der Waals surface area (Å²) in [5, 5.41) is 7.46. The Kier molecular flexibility index (Phi) is 22.3. The van der Waals surface area contributed by atoms with Crippen molar-refractivity contribution in [1.29, 1.82) is 0 Å². The summed E-state index contributed by atoms with van der Waals surface area (Å²) in [6.45, 7) is 11.4.